The third-order valence-corrected chi connectivity index (χ3v) is 17.9. The SMILES string of the molecule is C1=CC(n2c(-c3cc4c5ccccc5c5ccccc5c4c4ccccc34)nc3ccccc32)=CCC1.C=C1C=CC=CN1/C=C(\C)c1ccc(-c2cc3c4ccccc4c4ccccc4c3c3ccccc23)c2ccccc12.CC(C)c1ccccc1. The summed E-state index contributed by atoms with van der Waals surface area (Å²) < 4.78 is 2.35. The van der Waals surface area contributed by atoms with Crippen LogP contribution in [0.25, 0.3) is 142 Å². The summed E-state index contributed by atoms with van der Waals surface area (Å²) in [6.07, 6.45) is 19.3. The van der Waals surface area contributed by atoms with E-state index in [4.69, 9.17) is 4.98 Å². The van der Waals surface area contributed by atoms with E-state index in [2.05, 4.69) is 310 Å². The maximum absolute atomic E-state index is 5.25. The van der Waals surface area contributed by atoms with Crippen molar-refractivity contribution in [1.29, 1.82) is 0 Å². The number of benzene rings is 14. The van der Waals surface area contributed by atoms with Crippen LogP contribution in [0.5, 0.6) is 0 Å². The maximum atomic E-state index is 5.25. The zero-order valence-electron chi connectivity index (χ0n) is 49.8. The Morgan fingerprint density at radius 2 is 0.886 bits per heavy atom. The smallest absolute Gasteiger partial charge is 0.146 e. The molecule has 17 rings (SSSR count). The molecular weight excluding hydrogens is 1060 g/mol. The summed E-state index contributed by atoms with van der Waals surface area (Å²) in [5.74, 6) is 1.65. The molecule has 88 heavy (non-hydrogen) atoms. The third kappa shape index (κ3) is 9.44. The lowest BCUT2D eigenvalue weighted by Crippen LogP contribution is -2.09. The van der Waals surface area contributed by atoms with Gasteiger partial charge in [-0.05, 0) is 193 Å². The molecule has 0 N–H and O–H groups in total. The molecule has 0 bridgehead atoms. The number of allylic oxidation sites excluding steroid dienone is 8. The summed E-state index contributed by atoms with van der Waals surface area (Å²) in [7, 11) is 0. The molecular formula is C85H65N3. The molecule has 0 atom stereocenters. The van der Waals surface area contributed by atoms with Gasteiger partial charge in [-0.1, -0.05) is 263 Å². The second-order valence-corrected chi connectivity index (χ2v) is 23.5. The van der Waals surface area contributed by atoms with Gasteiger partial charge in [-0.15, -0.1) is 0 Å². The average Bonchev–Trinajstić information content (AvgIpc) is 1.19. The van der Waals surface area contributed by atoms with Gasteiger partial charge in [-0.25, -0.2) is 4.98 Å². The monoisotopic (exact) mass is 1130 g/mol. The van der Waals surface area contributed by atoms with Gasteiger partial charge >= 0.3 is 0 Å². The van der Waals surface area contributed by atoms with Crippen LogP contribution in [0.1, 0.15) is 50.7 Å². The van der Waals surface area contributed by atoms with Crippen LogP contribution < -0.4 is 0 Å². The highest BCUT2D eigenvalue weighted by Crippen LogP contribution is 2.47. The largest absolute Gasteiger partial charge is 0.324 e. The molecule has 1 aliphatic heterocycles. The van der Waals surface area contributed by atoms with Crippen molar-refractivity contribution in [2.24, 2.45) is 0 Å². The maximum Gasteiger partial charge on any atom is 0.146 e. The van der Waals surface area contributed by atoms with Gasteiger partial charge in [0, 0.05) is 29.4 Å². The Bertz CT molecular complexity index is 5450. The summed E-state index contributed by atoms with van der Waals surface area (Å²) in [4.78, 5) is 7.33. The zero-order chi connectivity index (χ0) is 59.2. The van der Waals surface area contributed by atoms with Gasteiger partial charge in [0.25, 0.3) is 0 Å². The number of fused-ring (bicyclic) bond motifs is 18. The van der Waals surface area contributed by atoms with E-state index in [1.807, 2.05) is 24.3 Å². The fourth-order valence-electron chi connectivity index (χ4n) is 13.8. The molecule has 420 valence electrons. The van der Waals surface area contributed by atoms with Gasteiger partial charge in [-0.2, -0.15) is 0 Å². The van der Waals surface area contributed by atoms with Crippen molar-refractivity contribution in [2.45, 2.75) is 39.5 Å². The quantitative estimate of drug-likeness (QED) is 0.155. The first-order valence-corrected chi connectivity index (χ1v) is 30.8. The highest BCUT2D eigenvalue weighted by molar-refractivity contribution is 6.35. The van der Waals surface area contributed by atoms with E-state index < -0.39 is 0 Å². The van der Waals surface area contributed by atoms with Crippen LogP contribution in [0, 0.1) is 0 Å². The number of nitrogens with zero attached hydrogens (tertiary/aromatic N) is 3. The lowest BCUT2D eigenvalue weighted by Gasteiger charge is -2.21. The first kappa shape index (κ1) is 53.8. The van der Waals surface area contributed by atoms with Crippen LogP contribution in [-0.2, 0) is 0 Å². The Balaban J connectivity index is 0.000000130. The fourth-order valence-corrected chi connectivity index (χ4v) is 13.8. The highest BCUT2D eigenvalue weighted by atomic mass is 15.1. The van der Waals surface area contributed by atoms with Crippen molar-refractivity contribution in [3.8, 4) is 22.5 Å². The van der Waals surface area contributed by atoms with E-state index in [9.17, 15) is 0 Å². The summed E-state index contributed by atoms with van der Waals surface area (Å²) in [5.41, 5.74) is 11.8. The molecule has 2 aliphatic rings. The van der Waals surface area contributed by atoms with Crippen LogP contribution in [0.3, 0.4) is 0 Å². The van der Waals surface area contributed by atoms with Crippen molar-refractivity contribution in [3.63, 3.8) is 0 Å². The van der Waals surface area contributed by atoms with Gasteiger partial charge in [0.1, 0.15) is 5.82 Å². The topological polar surface area (TPSA) is 21.1 Å². The highest BCUT2D eigenvalue weighted by Gasteiger charge is 2.22. The second kappa shape index (κ2) is 22.9. The molecule has 0 unspecified atom stereocenters. The summed E-state index contributed by atoms with van der Waals surface area (Å²) in [6.45, 7) is 10.8. The number of aromatic nitrogens is 2. The van der Waals surface area contributed by atoms with Crippen molar-refractivity contribution in [1.82, 2.24) is 14.5 Å². The van der Waals surface area contributed by atoms with Gasteiger partial charge < -0.3 is 4.90 Å². The molecule has 3 heteroatoms. The predicted octanol–water partition coefficient (Wildman–Crippen LogP) is 23.7. The van der Waals surface area contributed by atoms with E-state index in [1.54, 1.807) is 0 Å². The zero-order valence-corrected chi connectivity index (χ0v) is 49.8. The molecule has 15 aromatic rings. The first-order valence-electron chi connectivity index (χ1n) is 30.8. The van der Waals surface area contributed by atoms with Crippen molar-refractivity contribution < 1.29 is 0 Å². The minimum Gasteiger partial charge on any atom is -0.324 e. The molecule has 1 aliphatic carbocycles. The molecule has 2 heterocycles. The van der Waals surface area contributed by atoms with Gasteiger partial charge in [0.15, 0.2) is 0 Å². The van der Waals surface area contributed by atoms with Gasteiger partial charge in [0.2, 0.25) is 0 Å². The number of imidazole rings is 1. The first-order chi connectivity index (χ1) is 43.4. The second-order valence-electron chi connectivity index (χ2n) is 23.5. The van der Waals surface area contributed by atoms with E-state index in [1.165, 1.54) is 136 Å². The van der Waals surface area contributed by atoms with Crippen LogP contribution in [-0.4, -0.2) is 14.5 Å². The Morgan fingerprint density at radius 3 is 1.42 bits per heavy atom. The van der Waals surface area contributed by atoms with Crippen molar-refractivity contribution in [3.05, 3.63) is 321 Å². The Hall–Kier alpha value is -10.9. The third-order valence-electron chi connectivity index (χ3n) is 17.9. The number of rotatable bonds is 6. The Morgan fingerprint density at radius 1 is 0.432 bits per heavy atom. The Kier molecular flexibility index (Phi) is 14.0. The minimum absolute atomic E-state index is 0.659. The standard InChI is InChI=1S/C41H29N.C35H24N2.C9H12/c1-27(26-42-24-12-11-13-28(42)2)29-22-23-36(31-15-4-3-14-30(29)31)39-25-40-34-18-6-5-16-32(34)33-17-7-9-20-37(33)41(40)38-21-10-8-19-35(38)39;1-2-12-23(13-3-1)37-33-21-11-10-20-32(33)36-35(37)31-22-30-26-16-5-4-14-24(26)25-15-6-8-18-28(25)34(30)29-19-9-7-17-27(29)31;1-8(2)9-6-4-3-5-7-9/h3-26H,2H2,1H3;2,4-22H,1,3H2;3-8H,1-2H3/b27-26+;;. The summed E-state index contributed by atoms with van der Waals surface area (Å²) in [5, 5.41) is 23.1. The molecule has 0 saturated heterocycles. The van der Waals surface area contributed by atoms with Crippen molar-refractivity contribution in [2.75, 3.05) is 0 Å². The lowest BCUT2D eigenvalue weighted by atomic mass is 9.85. The van der Waals surface area contributed by atoms with Gasteiger partial charge in [0.05, 0.1) is 11.0 Å². The summed E-state index contributed by atoms with van der Waals surface area (Å²) in [6, 6.07) is 90.3. The molecule has 0 amide bonds. The fraction of sp³-hybridized carbons (Fsp3) is 0.0706. The number of hydrogen-bond donors (Lipinski definition) is 0. The molecule has 0 spiro atoms. The molecule has 0 radical (unpaired) electrons. The molecule has 0 fully saturated rings. The Labute approximate surface area is 513 Å². The van der Waals surface area contributed by atoms with Gasteiger partial charge in [-0.3, -0.25) is 4.57 Å². The minimum atomic E-state index is 0.659. The lowest BCUT2D eigenvalue weighted by molar-refractivity contribution is 0.650. The van der Waals surface area contributed by atoms with E-state index in [0.29, 0.717) is 5.92 Å². The van der Waals surface area contributed by atoms with Crippen LogP contribution >= 0.6 is 0 Å². The number of para-hydroxylation sites is 2. The van der Waals surface area contributed by atoms with Crippen molar-refractivity contribution >= 4 is 119 Å². The molecule has 0 saturated carbocycles. The molecule has 3 nitrogen and oxygen atoms in total. The van der Waals surface area contributed by atoms with Crippen LogP contribution in [0.4, 0.5) is 0 Å². The molecule has 14 aromatic carbocycles. The summed E-state index contributed by atoms with van der Waals surface area (Å²) >= 11 is 0. The average molecular weight is 1130 g/mol. The number of hydrogen-bond acceptors (Lipinski definition) is 2. The predicted molar refractivity (Wildman–Crippen MR) is 381 cm³/mol. The van der Waals surface area contributed by atoms with E-state index in [0.717, 1.165) is 35.4 Å². The van der Waals surface area contributed by atoms with Crippen LogP contribution in [0.15, 0.2) is 310 Å². The molecule has 1 aromatic heterocycles. The van der Waals surface area contributed by atoms with Crippen LogP contribution in [0.2, 0.25) is 0 Å². The van der Waals surface area contributed by atoms with E-state index >= 15 is 0 Å². The normalized spacial score (nSPS) is 13.4. The van der Waals surface area contributed by atoms with E-state index in [-0.39, 0.29) is 0 Å².